The van der Waals surface area contributed by atoms with E-state index in [1.54, 1.807) is 0 Å². The summed E-state index contributed by atoms with van der Waals surface area (Å²) in [6.07, 6.45) is 5.55. The Bertz CT molecular complexity index is 461. The summed E-state index contributed by atoms with van der Waals surface area (Å²) in [5, 5.41) is 0. The summed E-state index contributed by atoms with van der Waals surface area (Å²) in [5.41, 5.74) is 0. The third-order valence-electron chi connectivity index (χ3n) is 5.74. The first-order chi connectivity index (χ1) is 12.0. The summed E-state index contributed by atoms with van der Waals surface area (Å²) >= 11 is 0. The number of hydrogen-bond donors (Lipinski definition) is 0. The minimum Gasteiger partial charge on any atom is -0.372 e. The molecule has 6 nitrogen and oxygen atoms in total. The molecule has 3 saturated heterocycles. The molecule has 2 amide bonds. The highest BCUT2D eigenvalue weighted by Gasteiger charge is 2.31. The Kier molecular flexibility index (Phi) is 6.34. The number of piperidine rings is 2. The Morgan fingerprint density at radius 2 is 1.48 bits per heavy atom. The molecule has 0 spiro atoms. The normalized spacial score (nSPS) is 29.7. The van der Waals surface area contributed by atoms with Gasteiger partial charge in [-0.2, -0.15) is 0 Å². The van der Waals surface area contributed by atoms with Crippen LogP contribution in [-0.4, -0.2) is 84.5 Å². The summed E-state index contributed by atoms with van der Waals surface area (Å²) in [4.78, 5) is 31.4. The highest BCUT2D eigenvalue weighted by Crippen LogP contribution is 2.22. The van der Waals surface area contributed by atoms with E-state index in [9.17, 15) is 9.59 Å². The molecule has 2 unspecified atom stereocenters. The molecule has 3 heterocycles. The second kappa shape index (κ2) is 8.49. The van der Waals surface area contributed by atoms with Gasteiger partial charge in [0.2, 0.25) is 11.8 Å². The first-order valence-electron chi connectivity index (χ1n) is 9.97. The van der Waals surface area contributed by atoms with Gasteiger partial charge in [-0.3, -0.25) is 14.5 Å². The van der Waals surface area contributed by atoms with Crippen LogP contribution in [0.25, 0.3) is 0 Å². The van der Waals surface area contributed by atoms with Crippen LogP contribution in [0.4, 0.5) is 0 Å². The molecule has 3 aliphatic heterocycles. The average Bonchev–Trinajstić information content (AvgIpc) is 2.61. The van der Waals surface area contributed by atoms with Gasteiger partial charge < -0.3 is 14.5 Å². The molecule has 3 fully saturated rings. The summed E-state index contributed by atoms with van der Waals surface area (Å²) in [6.45, 7) is 9.47. The number of amides is 2. The lowest BCUT2D eigenvalue weighted by molar-refractivity contribution is -0.145. The van der Waals surface area contributed by atoms with Crippen molar-refractivity contribution in [2.75, 3.05) is 45.8 Å². The molecule has 6 heteroatoms. The molecule has 0 aromatic heterocycles. The second-order valence-corrected chi connectivity index (χ2v) is 7.99. The van der Waals surface area contributed by atoms with Crippen LogP contribution < -0.4 is 0 Å². The zero-order valence-corrected chi connectivity index (χ0v) is 15.8. The number of morpholine rings is 1. The van der Waals surface area contributed by atoms with Gasteiger partial charge in [-0.25, -0.2) is 0 Å². The molecule has 2 atom stereocenters. The smallest absolute Gasteiger partial charge is 0.236 e. The van der Waals surface area contributed by atoms with Gasteiger partial charge in [-0.15, -0.1) is 0 Å². The molecule has 0 N–H and O–H groups in total. The van der Waals surface area contributed by atoms with E-state index in [4.69, 9.17) is 4.74 Å². The minimum absolute atomic E-state index is 0.112. The Labute approximate surface area is 151 Å². The predicted molar refractivity (Wildman–Crippen MR) is 96.2 cm³/mol. The number of ether oxygens (including phenoxy) is 1. The zero-order valence-electron chi connectivity index (χ0n) is 15.8. The maximum Gasteiger partial charge on any atom is 0.236 e. The largest absolute Gasteiger partial charge is 0.372 e. The highest BCUT2D eigenvalue weighted by atomic mass is 16.5. The summed E-state index contributed by atoms with van der Waals surface area (Å²) < 4.78 is 5.70. The zero-order chi connectivity index (χ0) is 17.8. The van der Waals surface area contributed by atoms with Crippen molar-refractivity contribution < 1.29 is 14.3 Å². The lowest BCUT2D eigenvalue weighted by Gasteiger charge is -2.38. The van der Waals surface area contributed by atoms with Crippen molar-refractivity contribution in [3.05, 3.63) is 0 Å². The summed E-state index contributed by atoms with van der Waals surface area (Å²) in [5.74, 6) is 0.706. The predicted octanol–water partition coefficient (Wildman–Crippen LogP) is 1.35. The first kappa shape index (κ1) is 18.6. The quantitative estimate of drug-likeness (QED) is 0.770. The minimum atomic E-state index is 0.112. The lowest BCUT2D eigenvalue weighted by Crippen LogP contribution is -2.52. The fraction of sp³-hybridized carbons (Fsp3) is 0.895. The van der Waals surface area contributed by atoms with Crippen molar-refractivity contribution in [3.63, 3.8) is 0 Å². The molecule has 0 saturated carbocycles. The standard InChI is InChI=1S/C19H33N3O3/c1-15-12-22(13-16(2)25-15)18(23)14-20-10-6-17(7-11-20)19(24)21-8-4-3-5-9-21/h15-17H,3-14H2,1-2H3. The SMILES string of the molecule is CC1CN(C(=O)CN2CCC(C(=O)N3CCCCC3)CC2)CC(C)O1. The van der Waals surface area contributed by atoms with E-state index in [-0.39, 0.29) is 24.0 Å². The molecule has 142 valence electrons. The second-order valence-electron chi connectivity index (χ2n) is 7.99. The third-order valence-corrected chi connectivity index (χ3v) is 5.74. The van der Waals surface area contributed by atoms with E-state index in [0.29, 0.717) is 25.5 Å². The number of hydrogen-bond acceptors (Lipinski definition) is 4. The van der Waals surface area contributed by atoms with Crippen LogP contribution in [0, 0.1) is 5.92 Å². The van der Waals surface area contributed by atoms with Gasteiger partial charge in [0.15, 0.2) is 0 Å². The lowest BCUT2D eigenvalue weighted by atomic mass is 9.94. The number of carbonyl (C=O) groups excluding carboxylic acids is 2. The molecule has 3 rings (SSSR count). The number of rotatable bonds is 3. The van der Waals surface area contributed by atoms with Crippen LogP contribution >= 0.6 is 0 Å². The topological polar surface area (TPSA) is 53.1 Å². The Morgan fingerprint density at radius 1 is 0.880 bits per heavy atom. The van der Waals surface area contributed by atoms with Crippen LogP contribution in [0.15, 0.2) is 0 Å². The maximum atomic E-state index is 12.6. The maximum absolute atomic E-state index is 12.6. The van der Waals surface area contributed by atoms with Gasteiger partial charge in [0, 0.05) is 32.1 Å². The molecule has 3 aliphatic rings. The van der Waals surface area contributed by atoms with Crippen LogP contribution in [0.5, 0.6) is 0 Å². The van der Waals surface area contributed by atoms with Gasteiger partial charge in [0.1, 0.15) is 0 Å². The van der Waals surface area contributed by atoms with Crippen molar-refractivity contribution in [3.8, 4) is 0 Å². The van der Waals surface area contributed by atoms with E-state index < -0.39 is 0 Å². The molecule has 0 aromatic rings. The van der Waals surface area contributed by atoms with Gasteiger partial charge in [-0.1, -0.05) is 0 Å². The Balaban J connectivity index is 1.42. The molecular formula is C19H33N3O3. The number of carbonyl (C=O) groups is 2. The summed E-state index contributed by atoms with van der Waals surface area (Å²) in [7, 11) is 0. The van der Waals surface area contributed by atoms with Crippen LogP contribution in [0.1, 0.15) is 46.0 Å². The number of nitrogens with zero attached hydrogens (tertiary/aromatic N) is 3. The molecule has 0 aromatic carbocycles. The van der Waals surface area contributed by atoms with Gasteiger partial charge >= 0.3 is 0 Å². The highest BCUT2D eigenvalue weighted by molar-refractivity contribution is 5.80. The van der Waals surface area contributed by atoms with Crippen LogP contribution in [0.2, 0.25) is 0 Å². The van der Waals surface area contributed by atoms with E-state index in [0.717, 1.165) is 51.9 Å². The Morgan fingerprint density at radius 3 is 2.08 bits per heavy atom. The van der Waals surface area contributed by atoms with Crippen LogP contribution in [0.3, 0.4) is 0 Å². The summed E-state index contributed by atoms with van der Waals surface area (Å²) in [6, 6.07) is 0. The van der Waals surface area contributed by atoms with E-state index in [2.05, 4.69) is 9.80 Å². The van der Waals surface area contributed by atoms with Crippen molar-refractivity contribution in [1.82, 2.24) is 14.7 Å². The van der Waals surface area contributed by atoms with Crippen molar-refractivity contribution in [2.45, 2.75) is 58.2 Å². The monoisotopic (exact) mass is 351 g/mol. The Hall–Kier alpha value is -1.14. The van der Waals surface area contributed by atoms with Crippen molar-refractivity contribution >= 4 is 11.8 Å². The van der Waals surface area contributed by atoms with Crippen molar-refractivity contribution in [1.29, 1.82) is 0 Å². The van der Waals surface area contributed by atoms with E-state index in [1.807, 2.05) is 18.7 Å². The van der Waals surface area contributed by atoms with Gasteiger partial charge in [-0.05, 0) is 59.0 Å². The fourth-order valence-corrected chi connectivity index (χ4v) is 4.38. The number of likely N-dealkylation sites (tertiary alicyclic amines) is 2. The van der Waals surface area contributed by atoms with Crippen LogP contribution in [-0.2, 0) is 14.3 Å². The molecule has 0 bridgehead atoms. The fourth-order valence-electron chi connectivity index (χ4n) is 4.38. The van der Waals surface area contributed by atoms with Crippen molar-refractivity contribution in [2.24, 2.45) is 5.92 Å². The molecule has 0 radical (unpaired) electrons. The molecule has 25 heavy (non-hydrogen) atoms. The van der Waals surface area contributed by atoms with E-state index >= 15 is 0 Å². The average molecular weight is 351 g/mol. The van der Waals surface area contributed by atoms with Gasteiger partial charge in [0.05, 0.1) is 18.8 Å². The first-order valence-corrected chi connectivity index (χ1v) is 9.97. The van der Waals surface area contributed by atoms with E-state index in [1.165, 1.54) is 6.42 Å². The van der Waals surface area contributed by atoms with Gasteiger partial charge in [0.25, 0.3) is 0 Å². The molecular weight excluding hydrogens is 318 g/mol. The third kappa shape index (κ3) is 4.94. The molecule has 0 aliphatic carbocycles.